The van der Waals surface area contributed by atoms with Crippen LogP contribution in [0.2, 0.25) is 0 Å². The van der Waals surface area contributed by atoms with Crippen LogP contribution < -0.4 is 0 Å². The van der Waals surface area contributed by atoms with E-state index in [-0.39, 0.29) is 12.5 Å². The fraction of sp³-hybridized carbons (Fsp3) is 0.889. The maximum atomic E-state index is 10.6. The molecule has 0 saturated heterocycles. The van der Waals surface area contributed by atoms with E-state index in [2.05, 4.69) is 0 Å². The predicted octanol–water partition coefficient (Wildman–Crippen LogP) is 1.65. The molecule has 0 rings (SSSR count). The van der Waals surface area contributed by atoms with Crippen molar-refractivity contribution in [2.45, 2.75) is 39.0 Å². The molecule has 0 aliphatic rings. The molecule has 0 aliphatic carbocycles. The van der Waals surface area contributed by atoms with Gasteiger partial charge in [0.05, 0.1) is 5.92 Å². The van der Waals surface area contributed by atoms with E-state index >= 15 is 0 Å². The highest BCUT2D eigenvalue weighted by molar-refractivity contribution is 5.69. The molecule has 0 heterocycles. The summed E-state index contributed by atoms with van der Waals surface area (Å²) in [7, 11) is 0. The zero-order valence-corrected chi connectivity index (χ0v) is 7.62. The molecule has 2 N–H and O–H groups in total. The van der Waals surface area contributed by atoms with Gasteiger partial charge in [0.1, 0.15) is 0 Å². The first kappa shape index (κ1) is 11.4. The molecule has 12 heavy (non-hydrogen) atoms. The van der Waals surface area contributed by atoms with Crippen LogP contribution in [-0.4, -0.2) is 22.8 Å². The third-order valence-corrected chi connectivity index (χ3v) is 1.97. The normalized spacial score (nSPS) is 12.8. The van der Waals surface area contributed by atoms with E-state index in [9.17, 15) is 4.79 Å². The number of carboxylic acid groups (broad SMARTS) is 1. The van der Waals surface area contributed by atoms with Crippen molar-refractivity contribution in [2.75, 3.05) is 6.61 Å². The second-order valence-corrected chi connectivity index (χ2v) is 3.04. The Morgan fingerprint density at radius 3 is 2.33 bits per heavy atom. The lowest BCUT2D eigenvalue weighted by molar-refractivity contribution is -0.142. The molecule has 0 bridgehead atoms. The SMILES string of the molecule is CCCCC(CCCO)C(=O)O. The van der Waals surface area contributed by atoms with E-state index in [0.29, 0.717) is 12.8 Å². The summed E-state index contributed by atoms with van der Waals surface area (Å²) in [5.41, 5.74) is 0. The summed E-state index contributed by atoms with van der Waals surface area (Å²) >= 11 is 0. The zero-order valence-electron chi connectivity index (χ0n) is 7.62. The molecular formula is C9H18O3. The Kier molecular flexibility index (Phi) is 6.76. The van der Waals surface area contributed by atoms with E-state index in [1.54, 1.807) is 0 Å². The van der Waals surface area contributed by atoms with Crippen molar-refractivity contribution < 1.29 is 15.0 Å². The van der Waals surface area contributed by atoms with Crippen LogP contribution in [0.5, 0.6) is 0 Å². The number of carboxylic acids is 1. The van der Waals surface area contributed by atoms with Crippen LogP contribution >= 0.6 is 0 Å². The van der Waals surface area contributed by atoms with Gasteiger partial charge in [-0.15, -0.1) is 0 Å². The highest BCUT2D eigenvalue weighted by atomic mass is 16.4. The van der Waals surface area contributed by atoms with Gasteiger partial charge < -0.3 is 10.2 Å². The first-order valence-electron chi connectivity index (χ1n) is 4.56. The van der Waals surface area contributed by atoms with Crippen molar-refractivity contribution in [2.24, 2.45) is 5.92 Å². The van der Waals surface area contributed by atoms with Crippen LogP contribution in [0.15, 0.2) is 0 Å². The summed E-state index contributed by atoms with van der Waals surface area (Å²) < 4.78 is 0. The Bertz CT molecular complexity index is 115. The number of unbranched alkanes of at least 4 members (excludes halogenated alkanes) is 1. The predicted molar refractivity (Wildman–Crippen MR) is 47.0 cm³/mol. The zero-order chi connectivity index (χ0) is 9.40. The Labute approximate surface area is 73.4 Å². The molecule has 3 nitrogen and oxygen atoms in total. The molecule has 3 heteroatoms. The number of hydrogen-bond donors (Lipinski definition) is 2. The molecule has 0 spiro atoms. The molecule has 1 atom stereocenters. The number of aliphatic carboxylic acids is 1. The molecule has 0 saturated carbocycles. The van der Waals surface area contributed by atoms with E-state index < -0.39 is 5.97 Å². The van der Waals surface area contributed by atoms with Gasteiger partial charge in [0.2, 0.25) is 0 Å². The molecule has 0 aliphatic heterocycles. The van der Waals surface area contributed by atoms with Gasteiger partial charge in [-0.25, -0.2) is 0 Å². The number of aliphatic hydroxyl groups excluding tert-OH is 1. The summed E-state index contributed by atoms with van der Waals surface area (Å²) in [6.45, 7) is 2.14. The molecule has 0 aromatic rings. The van der Waals surface area contributed by atoms with Crippen LogP contribution in [0.4, 0.5) is 0 Å². The van der Waals surface area contributed by atoms with Crippen molar-refractivity contribution >= 4 is 5.97 Å². The minimum absolute atomic E-state index is 0.0932. The molecule has 0 aromatic carbocycles. The summed E-state index contributed by atoms with van der Waals surface area (Å²) in [4.78, 5) is 10.6. The van der Waals surface area contributed by atoms with E-state index in [4.69, 9.17) is 10.2 Å². The highest BCUT2D eigenvalue weighted by Gasteiger charge is 2.15. The Hall–Kier alpha value is -0.570. The fourth-order valence-electron chi connectivity index (χ4n) is 1.18. The first-order valence-corrected chi connectivity index (χ1v) is 4.56. The van der Waals surface area contributed by atoms with Crippen LogP contribution in [0.3, 0.4) is 0 Å². The molecular weight excluding hydrogens is 156 g/mol. The maximum Gasteiger partial charge on any atom is 0.306 e. The van der Waals surface area contributed by atoms with Gasteiger partial charge in [-0.05, 0) is 19.3 Å². The van der Waals surface area contributed by atoms with Crippen LogP contribution in [-0.2, 0) is 4.79 Å². The van der Waals surface area contributed by atoms with Gasteiger partial charge in [-0.1, -0.05) is 19.8 Å². The van der Waals surface area contributed by atoms with Crippen LogP contribution in [0.25, 0.3) is 0 Å². The number of aliphatic hydroxyl groups is 1. The summed E-state index contributed by atoms with van der Waals surface area (Å²) in [6, 6.07) is 0. The number of rotatable bonds is 7. The highest BCUT2D eigenvalue weighted by Crippen LogP contribution is 2.14. The third-order valence-electron chi connectivity index (χ3n) is 1.97. The maximum absolute atomic E-state index is 10.6. The lowest BCUT2D eigenvalue weighted by atomic mass is 9.97. The standard InChI is InChI=1S/C9H18O3/c1-2-3-5-8(9(11)12)6-4-7-10/h8,10H,2-7H2,1H3,(H,11,12). The number of hydrogen-bond acceptors (Lipinski definition) is 2. The van der Waals surface area contributed by atoms with Gasteiger partial charge in [0.25, 0.3) is 0 Å². The summed E-state index contributed by atoms with van der Waals surface area (Å²) in [5.74, 6) is -0.978. The van der Waals surface area contributed by atoms with Crippen LogP contribution in [0, 0.1) is 5.92 Å². The lowest BCUT2D eigenvalue weighted by Gasteiger charge is -2.09. The molecule has 0 radical (unpaired) electrons. The van der Waals surface area contributed by atoms with Crippen molar-refractivity contribution in [1.29, 1.82) is 0 Å². The molecule has 0 fully saturated rings. The Morgan fingerprint density at radius 1 is 1.33 bits per heavy atom. The minimum atomic E-state index is -0.725. The van der Waals surface area contributed by atoms with Gasteiger partial charge in [-0.2, -0.15) is 0 Å². The average Bonchev–Trinajstić information content (AvgIpc) is 2.04. The second-order valence-electron chi connectivity index (χ2n) is 3.04. The molecule has 1 unspecified atom stereocenters. The van der Waals surface area contributed by atoms with E-state index in [1.807, 2.05) is 6.92 Å². The smallest absolute Gasteiger partial charge is 0.306 e. The fourth-order valence-corrected chi connectivity index (χ4v) is 1.18. The molecule has 0 aromatic heterocycles. The van der Waals surface area contributed by atoms with Gasteiger partial charge >= 0.3 is 5.97 Å². The van der Waals surface area contributed by atoms with E-state index in [0.717, 1.165) is 19.3 Å². The van der Waals surface area contributed by atoms with Gasteiger partial charge in [-0.3, -0.25) is 4.79 Å². The lowest BCUT2D eigenvalue weighted by Crippen LogP contribution is -2.13. The quantitative estimate of drug-likeness (QED) is 0.617. The summed E-state index contributed by atoms with van der Waals surface area (Å²) in [6.07, 6.45) is 3.93. The minimum Gasteiger partial charge on any atom is -0.481 e. The van der Waals surface area contributed by atoms with Crippen molar-refractivity contribution in [3.8, 4) is 0 Å². The molecule has 0 amide bonds. The Balaban J connectivity index is 3.62. The monoisotopic (exact) mass is 174 g/mol. The van der Waals surface area contributed by atoms with Gasteiger partial charge in [0.15, 0.2) is 0 Å². The van der Waals surface area contributed by atoms with E-state index in [1.165, 1.54) is 0 Å². The first-order chi connectivity index (χ1) is 5.72. The van der Waals surface area contributed by atoms with Crippen LogP contribution in [0.1, 0.15) is 39.0 Å². The van der Waals surface area contributed by atoms with Gasteiger partial charge in [0, 0.05) is 6.61 Å². The topological polar surface area (TPSA) is 57.5 Å². The number of carbonyl (C=O) groups is 1. The third kappa shape index (κ3) is 5.13. The molecule has 72 valence electrons. The van der Waals surface area contributed by atoms with Crippen molar-refractivity contribution in [3.63, 3.8) is 0 Å². The average molecular weight is 174 g/mol. The van der Waals surface area contributed by atoms with Crippen molar-refractivity contribution in [3.05, 3.63) is 0 Å². The Morgan fingerprint density at radius 2 is 1.92 bits per heavy atom. The largest absolute Gasteiger partial charge is 0.481 e. The van der Waals surface area contributed by atoms with Crippen molar-refractivity contribution in [1.82, 2.24) is 0 Å². The summed E-state index contributed by atoms with van der Waals surface area (Å²) in [5, 5.41) is 17.3. The second kappa shape index (κ2) is 7.10.